The van der Waals surface area contributed by atoms with Gasteiger partial charge in [0.2, 0.25) is 0 Å². The molecule has 1 unspecified atom stereocenters. The topological polar surface area (TPSA) is 22.3 Å². The second-order valence-corrected chi connectivity index (χ2v) is 0.849. The lowest BCUT2D eigenvalue weighted by molar-refractivity contribution is 0.887. The summed E-state index contributed by atoms with van der Waals surface area (Å²) in [6, 6.07) is -0.417. The minimum absolute atomic E-state index is 0.417. The van der Waals surface area contributed by atoms with Crippen molar-refractivity contribution in [3.63, 3.8) is 0 Å². The Balaban J connectivity index is 2.32. The number of nitrogens with zero attached hydrogens (tertiary/aromatic N) is 1. The van der Waals surface area contributed by atoms with Gasteiger partial charge in [-0.3, -0.25) is 0 Å². The van der Waals surface area contributed by atoms with E-state index in [0.717, 1.165) is 0 Å². The fraction of sp³-hybridized carbons (Fsp3) is 0.667. The van der Waals surface area contributed by atoms with Crippen LogP contribution in [0, 0.1) is 6.92 Å². The first-order chi connectivity index (χ1) is 1.73. The van der Waals surface area contributed by atoms with Crippen LogP contribution in [0.5, 0.6) is 0 Å². The summed E-state index contributed by atoms with van der Waals surface area (Å²) in [5, 5.41) is 0. The molecular formula is C3H6N. The second kappa shape index (κ2) is 1.30. The zero-order chi connectivity index (χ0) is 3.58. The first kappa shape index (κ1) is 3.96. The summed E-state index contributed by atoms with van der Waals surface area (Å²) in [7, 11) is 0. The molecule has 0 fully saturated rings. The summed E-state index contributed by atoms with van der Waals surface area (Å²) < 4.78 is 0. The second-order valence-electron chi connectivity index (χ2n) is 0.849. The molecule has 0 aromatic carbocycles. The van der Waals surface area contributed by atoms with Crippen LogP contribution in [-0.4, -0.2) is 6.04 Å². The summed E-state index contributed by atoms with van der Waals surface area (Å²) in [4.78, 5) is 0. The molecule has 0 aliphatic rings. The van der Waals surface area contributed by atoms with Crippen molar-refractivity contribution in [2.24, 2.45) is 0 Å². The van der Waals surface area contributed by atoms with Crippen molar-refractivity contribution in [2.45, 2.75) is 13.0 Å². The van der Waals surface area contributed by atoms with E-state index in [1.807, 2.05) is 0 Å². The molecule has 1 heteroatoms. The van der Waals surface area contributed by atoms with E-state index in [4.69, 9.17) is 5.73 Å². The van der Waals surface area contributed by atoms with Gasteiger partial charge in [0.25, 0.3) is 0 Å². The minimum Gasteiger partial charge on any atom is -0.141 e. The molecule has 0 spiro atoms. The summed E-state index contributed by atoms with van der Waals surface area (Å²) >= 11 is 0. The van der Waals surface area contributed by atoms with Crippen LogP contribution in [0.3, 0.4) is 0 Å². The van der Waals surface area contributed by atoms with E-state index in [2.05, 4.69) is 6.92 Å². The van der Waals surface area contributed by atoms with Crippen LogP contribution >= 0.6 is 0 Å². The Hall–Kier alpha value is -0.0400. The average Bonchev–Trinajstić information content (AvgIpc) is 0.811. The third-order valence-electron chi connectivity index (χ3n) is 0. The quantitative estimate of drug-likeness (QED) is 0.380. The molecule has 0 rings (SSSR count). The maximum absolute atomic E-state index is 7.94. The molecule has 0 saturated heterocycles. The van der Waals surface area contributed by atoms with Gasteiger partial charge >= 0.3 is 0 Å². The van der Waals surface area contributed by atoms with Crippen LogP contribution in [0.15, 0.2) is 0 Å². The molecule has 1 nitrogen and oxygen atoms in total. The SMILES string of the molecule is [CH2]C(C)[N]. The molecule has 3 radical (unpaired) electrons. The van der Waals surface area contributed by atoms with Crippen LogP contribution in [0.1, 0.15) is 6.92 Å². The molecule has 0 N–H and O–H groups in total. The zero-order valence-electron chi connectivity index (χ0n) is 2.73. The van der Waals surface area contributed by atoms with E-state index < -0.39 is 6.04 Å². The smallest absolute Gasteiger partial charge is 0.0406 e. The Kier molecular flexibility index (Phi) is 1.28. The van der Waals surface area contributed by atoms with E-state index >= 15 is 0 Å². The Morgan fingerprint density at radius 2 is 2.00 bits per heavy atom. The number of rotatable bonds is 0. The van der Waals surface area contributed by atoms with Gasteiger partial charge in [0, 0.05) is 6.04 Å². The monoisotopic (exact) mass is 56.1 g/mol. The highest BCUT2D eigenvalue weighted by atomic mass is 14.6. The Morgan fingerprint density at radius 1 is 2.00 bits per heavy atom. The van der Waals surface area contributed by atoms with Gasteiger partial charge in [0.15, 0.2) is 0 Å². The van der Waals surface area contributed by atoms with Gasteiger partial charge in [-0.15, -0.1) is 5.73 Å². The van der Waals surface area contributed by atoms with Crippen molar-refractivity contribution in [3.8, 4) is 0 Å². The largest absolute Gasteiger partial charge is 0.141 e. The standard InChI is InChI=1S/C3H6N/c1-3(2)4/h3H,1H2,2H3. The third-order valence-corrected chi connectivity index (χ3v) is 0. The van der Waals surface area contributed by atoms with Crippen molar-refractivity contribution in [1.29, 1.82) is 0 Å². The summed E-state index contributed by atoms with van der Waals surface area (Å²) in [6.45, 7) is 4.81. The summed E-state index contributed by atoms with van der Waals surface area (Å²) in [5.41, 5.74) is 7.94. The lowest BCUT2D eigenvalue weighted by Gasteiger charge is -1.75. The number of hydrogen-bond acceptors (Lipinski definition) is 0. The molecule has 0 aromatic heterocycles. The van der Waals surface area contributed by atoms with Crippen molar-refractivity contribution in [3.05, 3.63) is 6.92 Å². The van der Waals surface area contributed by atoms with Gasteiger partial charge in [-0.25, -0.2) is 0 Å². The fourth-order valence-electron chi connectivity index (χ4n) is 0. The van der Waals surface area contributed by atoms with Gasteiger partial charge in [-0.2, -0.15) is 0 Å². The minimum atomic E-state index is -0.417. The predicted molar refractivity (Wildman–Crippen MR) is 17.0 cm³/mol. The Morgan fingerprint density at radius 3 is 2.00 bits per heavy atom. The van der Waals surface area contributed by atoms with E-state index in [0.29, 0.717) is 0 Å². The first-order valence-electron chi connectivity index (χ1n) is 1.24. The van der Waals surface area contributed by atoms with Crippen LogP contribution in [-0.2, 0) is 0 Å². The molecule has 4 heavy (non-hydrogen) atoms. The highest BCUT2D eigenvalue weighted by molar-refractivity contribution is 4.48. The highest BCUT2D eigenvalue weighted by Crippen LogP contribution is 1.61. The van der Waals surface area contributed by atoms with Crippen LogP contribution in [0.2, 0.25) is 0 Å². The van der Waals surface area contributed by atoms with Gasteiger partial charge in [0.1, 0.15) is 0 Å². The van der Waals surface area contributed by atoms with Crippen molar-refractivity contribution in [1.82, 2.24) is 5.73 Å². The molecule has 0 aromatic rings. The molecule has 23 valence electrons. The average molecular weight is 56.1 g/mol. The van der Waals surface area contributed by atoms with Crippen molar-refractivity contribution < 1.29 is 0 Å². The maximum Gasteiger partial charge on any atom is 0.0406 e. The molecule has 1 atom stereocenters. The third kappa shape index (κ3) is 1130. The van der Waals surface area contributed by atoms with E-state index in [9.17, 15) is 0 Å². The maximum atomic E-state index is 7.94. The summed E-state index contributed by atoms with van der Waals surface area (Å²) in [6.07, 6.45) is 0. The van der Waals surface area contributed by atoms with Gasteiger partial charge in [-0.1, -0.05) is 0 Å². The summed E-state index contributed by atoms with van der Waals surface area (Å²) in [5.74, 6) is 0. The predicted octanol–water partition coefficient (Wildman–Crippen LogP) is 0.278. The van der Waals surface area contributed by atoms with Gasteiger partial charge < -0.3 is 0 Å². The van der Waals surface area contributed by atoms with E-state index in [1.54, 1.807) is 6.92 Å². The number of hydrogen-bond donors (Lipinski definition) is 0. The molecule has 0 aliphatic heterocycles. The fourth-order valence-corrected chi connectivity index (χ4v) is 0. The van der Waals surface area contributed by atoms with Crippen molar-refractivity contribution >= 4 is 0 Å². The molecular weight excluding hydrogens is 50.0 g/mol. The zero-order valence-corrected chi connectivity index (χ0v) is 2.73. The van der Waals surface area contributed by atoms with E-state index in [-0.39, 0.29) is 0 Å². The molecule has 0 aliphatic carbocycles. The molecule has 0 saturated carbocycles. The normalized spacial score (nSPS) is 9.00. The van der Waals surface area contributed by atoms with E-state index in [1.165, 1.54) is 0 Å². The van der Waals surface area contributed by atoms with Crippen LogP contribution in [0.25, 0.3) is 0 Å². The molecule has 0 amide bonds. The van der Waals surface area contributed by atoms with Crippen LogP contribution in [0.4, 0.5) is 0 Å². The molecule has 0 bridgehead atoms. The van der Waals surface area contributed by atoms with Crippen molar-refractivity contribution in [2.75, 3.05) is 0 Å². The Labute approximate surface area is 26.8 Å². The van der Waals surface area contributed by atoms with Gasteiger partial charge in [0.05, 0.1) is 0 Å². The first-order valence-corrected chi connectivity index (χ1v) is 1.24. The lowest BCUT2D eigenvalue weighted by atomic mass is 10.5. The Bertz CT molecular complexity index is 8.00. The molecule has 0 heterocycles. The van der Waals surface area contributed by atoms with Crippen LogP contribution < -0.4 is 5.73 Å². The lowest BCUT2D eigenvalue weighted by Crippen LogP contribution is -1.90. The highest BCUT2D eigenvalue weighted by Gasteiger charge is 1.72. The van der Waals surface area contributed by atoms with Gasteiger partial charge in [-0.05, 0) is 13.8 Å².